The average molecular weight is 361 g/mol. The largest absolute Gasteiger partial charge is 0.492 e. The van der Waals surface area contributed by atoms with Crippen LogP contribution in [0.1, 0.15) is 12.8 Å². The summed E-state index contributed by atoms with van der Waals surface area (Å²) < 4.78 is 30.0. The molecule has 1 heterocycles. The summed E-state index contributed by atoms with van der Waals surface area (Å²) in [6, 6.07) is 7.04. The van der Waals surface area contributed by atoms with Gasteiger partial charge in [0.05, 0.1) is 18.7 Å². The highest BCUT2D eigenvalue weighted by atomic mass is 35.5. The SMILES string of the molecule is CS(=O)(=O)N1CCCC(C(=O)NCCOc2cccc(Cl)c2)C1. The van der Waals surface area contributed by atoms with E-state index in [-0.39, 0.29) is 18.4 Å². The molecule has 1 aliphatic rings. The quantitative estimate of drug-likeness (QED) is 0.780. The standard InChI is InChI=1S/C15H21ClN2O4S/c1-23(20,21)18-8-3-4-12(11-18)15(19)17-7-9-22-14-6-2-5-13(16)10-14/h2,5-6,10,12H,3-4,7-9,11H2,1H3,(H,17,19). The maximum absolute atomic E-state index is 12.1. The summed E-state index contributed by atoms with van der Waals surface area (Å²) in [7, 11) is -3.24. The van der Waals surface area contributed by atoms with Gasteiger partial charge in [0.2, 0.25) is 15.9 Å². The van der Waals surface area contributed by atoms with Crippen LogP contribution in [0.25, 0.3) is 0 Å². The smallest absolute Gasteiger partial charge is 0.224 e. The second kappa shape index (κ2) is 7.99. The van der Waals surface area contributed by atoms with Crippen LogP contribution >= 0.6 is 11.6 Å². The van der Waals surface area contributed by atoms with Gasteiger partial charge in [-0.15, -0.1) is 0 Å². The number of hydrogen-bond acceptors (Lipinski definition) is 4. The Hall–Kier alpha value is -1.31. The van der Waals surface area contributed by atoms with Crippen molar-refractivity contribution in [2.45, 2.75) is 12.8 Å². The third kappa shape index (κ3) is 5.67. The van der Waals surface area contributed by atoms with E-state index in [1.807, 2.05) is 0 Å². The summed E-state index contributed by atoms with van der Waals surface area (Å²) >= 11 is 5.86. The van der Waals surface area contributed by atoms with E-state index in [9.17, 15) is 13.2 Å². The molecule has 1 fully saturated rings. The number of piperidine rings is 1. The molecule has 0 spiro atoms. The Kier molecular flexibility index (Phi) is 6.26. The number of halogens is 1. The fourth-order valence-electron chi connectivity index (χ4n) is 2.50. The zero-order valence-corrected chi connectivity index (χ0v) is 14.6. The van der Waals surface area contributed by atoms with Gasteiger partial charge in [-0.05, 0) is 31.0 Å². The molecule has 23 heavy (non-hydrogen) atoms. The molecule has 2 rings (SSSR count). The lowest BCUT2D eigenvalue weighted by Crippen LogP contribution is -2.45. The molecule has 1 saturated heterocycles. The van der Waals surface area contributed by atoms with Crippen molar-refractivity contribution in [2.75, 3.05) is 32.5 Å². The van der Waals surface area contributed by atoms with E-state index in [0.717, 1.165) is 0 Å². The predicted molar refractivity (Wildman–Crippen MR) is 89.1 cm³/mol. The molecule has 6 nitrogen and oxygen atoms in total. The number of ether oxygens (including phenoxy) is 1. The number of hydrogen-bond donors (Lipinski definition) is 1. The molecule has 1 aromatic rings. The molecule has 0 aromatic heterocycles. The molecule has 1 amide bonds. The summed E-state index contributed by atoms with van der Waals surface area (Å²) in [6.45, 7) is 1.43. The van der Waals surface area contributed by atoms with Crippen LogP contribution in [0.5, 0.6) is 5.75 Å². The Morgan fingerprint density at radius 1 is 1.48 bits per heavy atom. The van der Waals surface area contributed by atoms with E-state index in [4.69, 9.17) is 16.3 Å². The number of nitrogens with zero attached hydrogens (tertiary/aromatic N) is 1. The topological polar surface area (TPSA) is 75.7 Å². The maximum Gasteiger partial charge on any atom is 0.224 e. The summed E-state index contributed by atoms with van der Waals surface area (Å²) in [6.07, 6.45) is 2.57. The molecular formula is C15H21ClN2O4S. The second-order valence-corrected chi connectivity index (χ2v) is 7.98. The first-order valence-corrected chi connectivity index (χ1v) is 9.70. The van der Waals surface area contributed by atoms with E-state index in [1.54, 1.807) is 24.3 Å². The van der Waals surface area contributed by atoms with Crippen molar-refractivity contribution in [1.82, 2.24) is 9.62 Å². The number of benzene rings is 1. The zero-order valence-electron chi connectivity index (χ0n) is 13.0. The molecule has 1 atom stereocenters. The van der Waals surface area contributed by atoms with Crippen molar-refractivity contribution < 1.29 is 17.9 Å². The molecule has 0 saturated carbocycles. The number of carbonyl (C=O) groups excluding carboxylic acids is 1. The van der Waals surface area contributed by atoms with Crippen molar-refractivity contribution in [3.63, 3.8) is 0 Å². The van der Waals surface area contributed by atoms with Gasteiger partial charge in [-0.1, -0.05) is 17.7 Å². The van der Waals surface area contributed by atoms with Crippen LogP contribution in [0.15, 0.2) is 24.3 Å². The van der Waals surface area contributed by atoms with Crippen molar-refractivity contribution >= 4 is 27.5 Å². The number of carbonyl (C=O) groups is 1. The summed E-state index contributed by atoms with van der Waals surface area (Å²) in [5.41, 5.74) is 0. The third-order valence-electron chi connectivity index (χ3n) is 3.69. The first kappa shape index (κ1) is 18.0. The minimum atomic E-state index is -3.24. The first-order valence-electron chi connectivity index (χ1n) is 7.47. The van der Waals surface area contributed by atoms with Gasteiger partial charge in [0.25, 0.3) is 0 Å². The molecule has 1 unspecified atom stereocenters. The Morgan fingerprint density at radius 3 is 2.96 bits per heavy atom. The van der Waals surface area contributed by atoms with E-state index in [1.165, 1.54) is 10.6 Å². The Morgan fingerprint density at radius 2 is 2.26 bits per heavy atom. The molecule has 8 heteroatoms. The second-order valence-electron chi connectivity index (χ2n) is 5.56. The van der Waals surface area contributed by atoms with E-state index < -0.39 is 10.0 Å². The molecule has 1 aliphatic heterocycles. The number of sulfonamides is 1. The summed E-state index contributed by atoms with van der Waals surface area (Å²) in [5, 5.41) is 3.38. The monoisotopic (exact) mass is 360 g/mol. The minimum Gasteiger partial charge on any atom is -0.492 e. The van der Waals surface area contributed by atoms with Gasteiger partial charge < -0.3 is 10.1 Å². The Bertz CT molecular complexity index is 651. The van der Waals surface area contributed by atoms with Crippen LogP contribution in [-0.4, -0.2) is 51.1 Å². The molecule has 0 aliphatic carbocycles. The fraction of sp³-hybridized carbons (Fsp3) is 0.533. The number of nitrogens with one attached hydrogen (secondary N) is 1. The Labute approximate surface area is 141 Å². The van der Waals surface area contributed by atoms with Crippen molar-refractivity contribution in [3.05, 3.63) is 29.3 Å². The van der Waals surface area contributed by atoms with Crippen LogP contribution in [0.4, 0.5) is 0 Å². The van der Waals surface area contributed by atoms with Crippen LogP contribution < -0.4 is 10.1 Å². The van der Waals surface area contributed by atoms with Gasteiger partial charge >= 0.3 is 0 Å². The van der Waals surface area contributed by atoms with Crippen molar-refractivity contribution in [1.29, 1.82) is 0 Å². The van der Waals surface area contributed by atoms with Crippen molar-refractivity contribution in [3.8, 4) is 5.75 Å². The van der Waals surface area contributed by atoms with Gasteiger partial charge in [0.15, 0.2) is 0 Å². The molecular weight excluding hydrogens is 340 g/mol. The lowest BCUT2D eigenvalue weighted by molar-refractivity contribution is -0.126. The van der Waals surface area contributed by atoms with E-state index in [2.05, 4.69) is 5.32 Å². The van der Waals surface area contributed by atoms with Gasteiger partial charge in [-0.3, -0.25) is 4.79 Å². The number of rotatable bonds is 6. The highest BCUT2D eigenvalue weighted by Gasteiger charge is 2.29. The third-order valence-corrected chi connectivity index (χ3v) is 5.19. The summed E-state index contributed by atoms with van der Waals surface area (Å²) in [5.74, 6) is 0.213. The van der Waals surface area contributed by atoms with E-state index in [0.29, 0.717) is 43.3 Å². The molecule has 0 radical (unpaired) electrons. The highest BCUT2D eigenvalue weighted by Crippen LogP contribution is 2.19. The maximum atomic E-state index is 12.1. The lowest BCUT2D eigenvalue weighted by Gasteiger charge is -2.30. The van der Waals surface area contributed by atoms with Gasteiger partial charge in [0, 0.05) is 18.1 Å². The molecule has 1 N–H and O–H groups in total. The van der Waals surface area contributed by atoms with Crippen LogP contribution in [0.3, 0.4) is 0 Å². The predicted octanol–water partition coefficient (Wildman–Crippen LogP) is 1.51. The lowest BCUT2D eigenvalue weighted by atomic mass is 9.99. The van der Waals surface area contributed by atoms with Crippen LogP contribution in [0.2, 0.25) is 5.02 Å². The molecule has 1 aromatic carbocycles. The zero-order chi connectivity index (χ0) is 16.9. The number of amides is 1. The van der Waals surface area contributed by atoms with Gasteiger partial charge in [0.1, 0.15) is 12.4 Å². The van der Waals surface area contributed by atoms with Crippen LogP contribution in [0, 0.1) is 5.92 Å². The Balaban J connectivity index is 1.74. The van der Waals surface area contributed by atoms with Gasteiger partial charge in [-0.25, -0.2) is 12.7 Å². The highest BCUT2D eigenvalue weighted by molar-refractivity contribution is 7.88. The van der Waals surface area contributed by atoms with E-state index >= 15 is 0 Å². The van der Waals surface area contributed by atoms with Gasteiger partial charge in [-0.2, -0.15) is 0 Å². The normalized spacial score (nSPS) is 19.3. The molecule has 128 valence electrons. The first-order chi connectivity index (χ1) is 10.9. The summed E-state index contributed by atoms with van der Waals surface area (Å²) in [4.78, 5) is 12.1. The van der Waals surface area contributed by atoms with Crippen molar-refractivity contribution in [2.24, 2.45) is 5.92 Å². The molecule has 0 bridgehead atoms. The van der Waals surface area contributed by atoms with Crippen LogP contribution in [-0.2, 0) is 14.8 Å². The minimum absolute atomic E-state index is 0.131. The fourth-order valence-corrected chi connectivity index (χ4v) is 3.59. The average Bonchev–Trinajstić information content (AvgIpc) is 2.51.